The number of ether oxygens (including phenoxy) is 1. The first-order valence-corrected chi connectivity index (χ1v) is 27.1. The predicted molar refractivity (Wildman–Crippen MR) is 295 cm³/mol. The lowest BCUT2D eigenvalue weighted by Gasteiger charge is -2.42. The van der Waals surface area contributed by atoms with E-state index in [-0.39, 0.29) is 50.0 Å². The molecule has 0 spiro atoms. The predicted octanol–water partition coefficient (Wildman–Crippen LogP) is -8.22. The highest BCUT2D eigenvalue weighted by Gasteiger charge is 2.45. The molecule has 0 saturated carbocycles. The van der Waals surface area contributed by atoms with Crippen LogP contribution in [0.1, 0.15) is 84.1 Å². The molecule has 0 radical (unpaired) electrons. The first kappa shape index (κ1) is 72.5. The van der Waals surface area contributed by atoms with E-state index in [0.717, 1.165) is 6.92 Å². The molecule has 2 rings (SSSR count). The highest BCUT2D eigenvalue weighted by Crippen LogP contribution is 2.20. The fourth-order valence-corrected chi connectivity index (χ4v) is 7.95. The summed E-state index contributed by atoms with van der Waals surface area (Å²) in [5.74, 6) is -13.9. The van der Waals surface area contributed by atoms with Gasteiger partial charge in [0.2, 0.25) is 65.0 Å². The molecule has 85 heavy (non-hydrogen) atoms. The highest BCUT2D eigenvalue weighted by atomic mass is 16.5. The van der Waals surface area contributed by atoms with E-state index < -0.39 is 177 Å². The number of aliphatic hydroxyl groups is 4. The van der Waals surface area contributed by atoms with Crippen LogP contribution in [0, 0.1) is 5.92 Å². The van der Waals surface area contributed by atoms with Crippen molar-refractivity contribution < 1.29 is 97.7 Å². The molecule has 1 aromatic rings. The van der Waals surface area contributed by atoms with Gasteiger partial charge >= 0.3 is 11.9 Å². The first-order chi connectivity index (χ1) is 40.2. The van der Waals surface area contributed by atoms with E-state index in [1.165, 1.54) is 0 Å². The van der Waals surface area contributed by atoms with Crippen LogP contribution < -0.4 is 70.0 Å². The number of carboxylic acid groups (broad SMARTS) is 2. The monoisotopic (exact) mass is 1210 g/mol. The number of carbonyl (C=O) groups excluding carboxylic acids is 11. The average molecular weight is 1210 g/mol. The number of nitrogens with two attached hydrogens (primary N) is 2. The zero-order valence-corrected chi connectivity index (χ0v) is 47.3. The number of unbranched alkanes of at least 4 members (excludes halogenated alkanes) is 2. The van der Waals surface area contributed by atoms with Crippen LogP contribution in [0.15, 0.2) is 35.3 Å². The standard InChI is InChI=1S/C51H80N14O20/c1-4-26(2)44(78)54-16-10-6-9-15-35(69)61-30(18-28-12-7-5-8-13-28)46(80)57-23-38(72)62-31(19-36(70)65-49-41(59-27(3)68)43(77)42(76)34(25-67)85-49)47(81)58-21-37(71)60-29(14-11-17-55-51(52)53)45(79)56-22-39(73)63-32(20-40(74)75)48(82)64-33(24-66)50(83)84/h5,7-8,12-13,26,29-34,41-43,49,66-67,76-77H,4,6,9-11,14-25H2,1-3H3,(H,54,78)(H,56,79)(H,57,80)(H,58,81)(H,59,68)(H,60,71)(H,61,69)(H,62,72)(H,63,73)(H,64,82)(H,65,70)(H,74,75)(H,83,84)(H4,52,53,55)/t26?,29-,30-,31-,32-,33-,34?,41?,42+,43+,49+/m0/s1. The zero-order chi connectivity index (χ0) is 63.8. The van der Waals surface area contributed by atoms with Crippen LogP contribution in [-0.2, 0) is 73.5 Å². The summed E-state index contributed by atoms with van der Waals surface area (Å²) in [5.41, 5.74) is 11.4. The summed E-state index contributed by atoms with van der Waals surface area (Å²) >= 11 is 0. The van der Waals surface area contributed by atoms with Gasteiger partial charge in [-0.2, -0.15) is 0 Å². The Morgan fingerprint density at radius 2 is 1.16 bits per heavy atom. The van der Waals surface area contributed by atoms with E-state index in [1.807, 2.05) is 24.5 Å². The molecule has 474 valence electrons. The molecule has 1 heterocycles. The smallest absolute Gasteiger partial charge is 0.328 e. The van der Waals surface area contributed by atoms with Crippen molar-refractivity contribution in [2.45, 2.75) is 146 Å². The Hall–Kier alpha value is -8.60. The first-order valence-electron chi connectivity index (χ1n) is 27.1. The number of hydrogen-bond acceptors (Lipinski definition) is 19. The van der Waals surface area contributed by atoms with Crippen LogP contribution >= 0.6 is 0 Å². The van der Waals surface area contributed by atoms with Gasteiger partial charge in [-0.15, -0.1) is 0 Å². The molecule has 0 aliphatic carbocycles. The number of nitrogens with zero attached hydrogens (tertiary/aromatic N) is 1. The summed E-state index contributed by atoms with van der Waals surface area (Å²) in [6.07, 6.45) is -6.69. The zero-order valence-electron chi connectivity index (χ0n) is 47.3. The van der Waals surface area contributed by atoms with E-state index in [0.29, 0.717) is 37.8 Å². The van der Waals surface area contributed by atoms with Gasteiger partial charge in [-0.3, -0.25) is 62.5 Å². The van der Waals surface area contributed by atoms with Crippen LogP contribution in [0.2, 0.25) is 0 Å². The maximum atomic E-state index is 13.9. The Labute approximate surface area is 487 Å². The maximum absolute atomic E-state index is 13.9. The van der Waals surface area contributed by atoms with Crippen molar-refractivity contribution in [3.63, 3.8) is 0 Å². The van der Waals surface area contributed by atoms with Gasteiger partial charge < -0.3 is 105 Å². The third kappa shape index (κ3) is 28.0. The Bertz CT molecular complexity index is 2490. The van der Waals surface area contributed by atoms with Crippen molar-refractivity contribution >= 4 is 82.9 Å². The Morgan fingerprint density at radius 1 is 0.612 bits per heavy atom. The van der Waals surface area contributed by atoms with Crippen LogP contribution in [0.25, 0.3) is 0 Å². The number of aliphatic hydroxyl groups excluding tert-OH is 4. The number of rotatable bonds is 38. The fourth-order valence-electron chi connectivity index (χ4n) is 7.95. The molecule has 1 aromatic carbocycles. The topological polar surface area (TPSA) is 549 Å². The van der Waals surface area contributed by atoms with Gasteiger partial charge in [0.1, 0.15) is 54.6 Å². The number of aliphatic imine (C=N–C) groups is 1. The van der Waals surface area contributed by atoms with Gasteiger partial charge in [0, 0.05) is 38.8 Å². The molecule has 1 aliphatic rings. The van der Waals surface area contributed by atoms with Crippen LogP contribution in [0.3, 0.4) is 0 Å². The summed E-state index contributed by atoms with van der Waals surface area (Å²) in [6, 6.07) is -1.40. The summed E-state index contributed by atoms with van der Waals surface area (Å²) in [7, 11) is 0. The minimum absolute atomic E-state index is 0.00864. The van der Waals surface area contributed by atoms with Gasteiger partial charge in [0.15, 0.2) is 12.2 Å². The van der Waals surface area contributed by atoms with Gasteiger partial charge in [0.05, 0.1) is 45.7 Å². The fraction of sp³-hybridized carbons (Fsp3) is 0.608. The number of carboxylic acids is 2. The summed E-state index contributed by atoms with van der Waals surface area (Å²) in [5, 5.41) is 84.0. The molecule has 11 amide bonds. The number of guanidine groups is 1. The average Bonchev–Trinajstić information content (AvgIpc) is 2.76. The van der Waals surface area contributed by atoms with Crippen molar-refractivity contribution in [3.05, 3.63) is 35.9 Å². The van der Waals surface area contributed by atoms with Crippen molar-refractivity contribution in [3.8, 4) is 0 Å². The molecule has 0 bridgehead atoms. The second kappa shape index (κ2) is 38.3. The van der Waals surface area contributed by atoms with E-state index in [1.54, 1.807) is 30.3 Å². The lowest BCUT2D eigenvalue weighted by molar-refractivity contribution is -0.203. The molecular weight excluding hydrogens is 1130 g/mol. The Balaban J connectivity index is 2.32. The van der Waals surface area contributed by atoms with E-state index in [2.05, 4.69) is 52.8 Å². The Morgan fingerprint density at radius 3 is 1.69 bits per heavy atom. The highest BCUT2D eigenvalue weighted by molar-refractivity contribution is 5.97. The third-order valence-corrected chi connectivity index (χ3v) is 12.7. The number of hydrogen-bond donors (Lipinski definition) is 19. The van der Waals surface area contributed by atoms with Gasteiger partial charge in [-0.05, 0) is 37.7 Å². The Kier molecular flexibility index (Phi) is 32.7. The third-order valence-electron chi connectivity index (χ3n) is 12.7. The summed E-state index contributed by atoms with van der Waals surface area (Å²) in [4.78, 5) is 171. The normalized spacial score (nSPS) is 18.3. The minimum atomic E-state index is -1.92. The van der Waals surface area contributed by atoms with E-state index in [4.69, 9.17) is 21.3 Å². The minimum Gasteiger partial charge on any atom is -0.481 e. The molecule has 1 saturated heterocycles. The molecule has 34 heteroatoms. The van der Waals surface area contributed by atoms with E-state index >= 15 is 0 Å². The number of benzene rings is 1. The molecule has 34 nitrogen and oxygen atoms in total. The van der Waals surface area contributed by atoms with Crippen molar-refractivity contribution in [1.82, 2.24) is 58.5 Å². The molecule has 21 N–H and O–H groups in total. The SMILES string of the molecule is CCC(C)C(=O)NCCCCCC(=O)N[C@@H](Cc1ccccc1)C(=O)NCC(=O)N[C@@H](CC(=O)N[C@@H]1OC(CO)[C@@H](O)[C@H](O)C1NC(C)=O)C(=O)NCC(=O)N[C@@H](CCCN=C(N)N)C(=O)NCC(=O)N[C@@H](CC(=O)O)C(=O)N[C@@H](CO)C(=O)O. The second-order valence-electron chi connectivity index (χ2n) is 19.6. The number of amides is 11. The van der Waals surface area contributed by atoms with E-state index in [9.17, 15) is 87.9 Å². The molecule has 1 fully saturated rings. The number of carbonyl (C=O) groups is 13. The van der Waals surface area contributed by atoms with Crippen LogP contribution in [-0.4, -0.2) is 220 Å². The molecule has 1 aliphatic heterocycles. The molecular formula is C51H80N14O20. The lowest BCUT2D eigenvalue weighted by Crippen LogP contribution is -2.68. The van der Waals surface area contributed by atoms with Crippen molar-refractivity contribution in [2.24, 2.45) is 22.4 Å². The molecule has 0 aromatic heterocycles. The molecule has 3 unspecified atom stereocenters. The summed E-state index contributed by atoms with van der Waals surface area (Å²) < 4.78 is 5.54. The largest absolute Gasteiger partial charge is 0.481 e. The van der Waals surface area contributed by atoms with Crippen LogP contribution in [0.4, 0.5) is 0 Å². The van der Waals surface area contributed by atoms with Crippen molar-refractivity contribution in [1.29, 1.82) is 0 Å². The van der Waals surface area contributed by atoms with Gasteiger partial charge in [-0.1, -0.05) is 50.6 Å². The van der Waals surface area contributed by atoms with Gasteiger partial charge in [0.25, 0.3) is 0 Å². The van der Waals surface area contributed by atoms with Crippen LogP contribution in [0.5, 0.6) is 0 Å². The number of nitrogens with one attached hydrogen (secondary N) is 11. The van der Waals surface area contributed by atoms with Crippen molar-refractivity contribution in [2.75, 3.05) is 45.9 Å². The molecule has 11 atom stereocenters. The second-order valence-corrected chi connectivity index (χ2v) is 19.6. The number of aliphatic carboxylic acids is 2. The van der Waals surface area contributed by atoms with Gasteiger partial charge in [-0.25, -0.2) is 4.79 Å². The lowest BCUT2D eigenvalue weighted by atomic mass is 9.95. The quantitative estimate of drug-likeness (QED) is 0.0166. The maximum Gasteiger partial charge on any atom is 0.328 e. The summed E-state index contributed by atoms with van der Waals surface area (Å²) in [6.45, 7) is 0.364.